The van der Waals surface area contributed by atoms with Crippen molar-refractivity contribution in [1.82, 2.24) is 0 Å². The van der Waals surface area contributed by atoms with Crippen LogP contribution in [0.3, 0.4) is 0 Å². The topological polar surface area (TPSA) is 0 Å². The summed E-state index contributed by atoms with van der Waals surface area (Å²) < 4.78 is 0. The zero-order chi connectivity index (χ0) is 12.2. The average Bonchev–Trinajstić information content (AvgIpc) is 2.31. The Kier molecular flexibility index (Phi) is 10.6. The maximum atomic E-state index is 3.99. The van der Waals surface area contributed by atoms with E-state index in [0.29, 0.717) is 11.8 Å². The third-order valence-electron chi connectivity index (χ3n) is 3.44. The van der Waals surface area contributed by atoms with E-state index in [-0.39, 0.29) is 0 Å². The van der Waals surface area contributed by atoms with Crippen molar-refractivity contribution in [2.45, 2.75) is 65.2 Å². The highest BCUT2D eigenvalue weighted by Crippen LogP contribution is 2.26. The fourth-order valence-corrected chi connectivity index (χ4v) is 2.27. The van der Waals surface area contributed by atoms with E-state index in [1.165, 1.54) is 51.4 Å². The minimum Gasteiger partial charge on any atom is -0.103 e. The standard InChI is InChI=1S/C16H30/c1-5-9-11-13-15(7-3)16(8-4)14-12-10-6-2/h7-8,15-16H,3-6,9-14H2,1-2H3. The highest BCUT2D eigenvalue weighted by Gasteiger charge is 2.14. The molecule has 0 saturated heterocycles. The zero-order valence-electron chi connectivity index (χ0n) is 11.4. The Morgan fingerprint density at radius 2 is 1.12 bits per heavy atom. The van der Waals surface area contributed by atoms with Gasteiger partial charge in [-0.3, -0.25) is 0 Å². The van der Waals surface area contributed by atoms with Crippen LogP contribution in [-0.2, 0) is 0 Å². The van der Waals surface area contributed by atoms with Crippen LogP contribution in [0.4, 0.5) is 0 Å². The predicted molar refractivity (Wildman–Crippen MR) is 75.7 cm³/mol. The van der Waals surface area contributed by atoms with Crippen LogP contribution in [-0.4, -0.2) is 0 Å². The second kappa shape index (κ2) is 11.0. The first-order valence-corrected chi connectivity index (χ1v) is 7.05. The molecule has 0 saturated carbocycles. The lowest BCUT2D eigenvalue weighted by Gasteiger charge is -2.21. The van der Waals surface area contributed by atoms with Gasteiger partial charge in [0.2, 0.25) is 0 Å². The van der Waals surface area contributed by atoms with Crippen LogP contribution in [0.25, 0.3) is 0 Å². The van der Waals surface area contributed by atoms with Gasteiger partial charge in [0.25, 0.3) is 0 Å². The van der Waals surface area contributed by atoms with Crippen LogP contribution in [0.5, 0.6) is 0 Å². The summed E-state index contributed by atoms with van der Waals surface area (Å²) in [5.41, 5.74) is 0. The Labute approximate surface area is 103 Å². The van der Waals surface area contributed by atoms with E-state index in [2.05, 4.69) is 39.2 Å². The van der Waals surface area contributed by atoms with Crippen molar-refractivity contribution >= 4 is 0 Å². The van der Waals surface area contributed by atoms with Crippen LogP contribution < -0.4 is 0 Å². The Morgan fingerprint density at radius 1 is 0.750 bits per heavy atom. The van der Waals surface area contributed by atoms with E-state index in [4.69, 9.17) is 0 Å². The van der Waals surface area contributed by atoms with Crippen LogP contribution in [0.2, 0.25) is 0 Å². The lowest BCUT2D eigenvalue weighted by Crippen LogP contribution is -2.10. The molecule has 0 radical (unpaired) electrons. The van der Waals surface area contributed by atoms with Crippen molar-refractivity contribution in [3.8, 4) is 0 Å². The van der Waals surface area contributed by atoms with E-state index < -0.39 is 0 Å². The second-order valence-electron chi connectivity index (χ2n) is 4.79. The molecule has 16 heavy (non-hydrogen) atoms. The van der Waals surface area contributed by atoms with Crippen molar-refractivity contribution in [3.05, 3.63) is 25.3 Å². The minimum absolute atomic E-state index is 0.654. The lowest BCUT2D eigenvalue weighted by atomic mass is 9.84. The molecule has 0 aliphatic carbocycles. The normalized spacial score (nSPS) is 14.4. The minimum atomic E-state index is 0.654. The molecule has 0 N–H and O–H groups in total. The quantitative estimate of drug-likeness (QED) is 0.308. The van der Waals surface area contributed by atoms with Crippen molar-refractivity contribution < 1.29 is 0 Å². The van der Waals surface area contributed by atoms with Gasteiger partial charge in [-0.25, -0.2) is 0 Å². The van der Waals surface area contributed by atoms with E-state index in [0.717, 1.165) is 0 Å². The molecule has 0 heterocycles. The molecule has 0 aromatic rings. The van der Waals surface area contributed by atoms with Gasteiger partial charge in [0.05, 0.1) is 0 Å². The molecule has 0 fully saturated rings. The van der Waals surface area contributed by atoms with E-state index >= 15 is 0 Å². The Bertz CT molecular complexity index is 149. The Balaban J connectivity index is 3.95. The third-order valence-corrected chi connectivity index (χ3v) is 3.44. The molecule has 0 aromatic heterocycles. The first-order chi connectivity index (χ1) is 7.79. The van der Waals surface area contributed by atoms with Crippen LogP contribution in [0.1, 0.15) is 65.2 Å². The van der Waals surface area contributed by atoms with Gasteiger partial charge in [0.15, 0.2) is 0 Å². The van der Waals surface area contributed by atoms with Gasteiger partial charge in [0.1, 0.15) is 0 Å². The first kappa shape index (κ1) is 15.5. The van der Waals surface area contributed by atoms with Gasteiger partial charge in [0, 0.05) is 0 Å². The summed E-state index contributed by atoms with van der Waals surface area (Å²) in [5, 5.41) is 0. The lowest BCUT2D eigenvalue weighted by molar-refractivity contribution is 0.392. The smallest absolute Gasteiger partial charge is 0.0173 e. The van der Waals surface area contributed by atoms with Crippen molar-refractivity contribution in [2.24, 2.45) is 11.8 Å². The fourth-order valence-electron chi connectivity index (χ4n) is 2.27. The first-order valence-electron chi connectivity index (χ1n) is 7.05. The van der Waals surface area contributed by atoms with Crippen molar-refractivity contribution in [1.29, 1.82) is 0 Å². The van der Waals surface area contributed by atoms with Gasteiger partial charge in [-0.15, -0.1) is 13.2 Å². The molecule has 2 atom stereocenters. The molecule has 0 bridgehead atoms. The number of hydrogen-bond donors (Lipinski definition) is 0. The summed E-state index contributed by atoms with van der Waals surface area (Å²) >= 11 is 0. The van der Waals surface area contributed by atoms with Crippen molar-refractivity contribution in [2.75, 3.05) is 0 Å². The SMILES string of the molecule is C=CC(CCCCC)C(C=C)CCCCC. The summed E-state index contributed by atoms with van der Waals surface area (Å²) in [5.74, 6) is 1.31. The van der Waals surface area contributed by atoms with Gasteiger partial charge in [-0.1, -0.05) is 64.5 Å². The molecule has 0 rings (SSSR count). The van der Waals surface area contributed by atoms with E-state index in [1.54, 1.807) is 0 Å². The van der Waals surface area contributed by atoms with Gasteiger partial charge in [-0.2, -0.15) is 0 Å². The third kappa shape index (κ3) is 6.87. The van der Waals surface area contributed by atoms with E-state index in [1.807, 2.05) is 0 Å². The van der Waals surface area contributed by atoms with Gasteiger partial charge >= 0.3 is 0 Å². The molecule has 0 spiro atoms. The molecule has 0 aliphatic rings. The Morgan fingerprint density at radius 3 is 1.38 bits per heavy atom. The Hall–Kier alpha value is -0.520. The average molecular weight is 222 g/mol. The molecule has 0 aromatic carbocycles. The predicted octanol–water partition coefficient (Wildman–Crippen LogP) is 5.75. The van der Waals surface area contributed by atoms with Crippen LogP contribution >= 0.6 is 0 Å². The highest BCUT2D eigenvalue weighted by molar-refractivity contribution is 4.92. The molecule has 0 heteroatoms. The van der Waals surface area contributed by atoms with Gasteiger partial charge in [-0.05, 0) is 24.7 Å². The fraction of sp³-hybridized carbons (Fsp3) is 0.750. The van der Waals surface area contributed by atoms with E-state index in [9.17, 15) is 0 Å². The van der Waals surface area contributed by atoms with Crippen LogP contribution in [0, 0.1) is 11.8 Å². The number of allylic oxidation sites excluding steroid dienone is 2. The summed E-state index contributed by atoms with van der Waals surface area (Å²) in [4.78, 5) is 0. The summed E-state index contributed by atoms with van der Waals surface area (Å²) in [6.07, 6.45) is 14.9. The van der Waals surface area contributed by atoms with Crippen LogP contribution in [0.15, 0.2) is 25.3 Å². The molecule has 0 amide bonds. The molecule has 0 aliphatic heterocycles. The number of unbranched alkanes of at least 4 members (excludes halogenated alkanes) is 4. The molecule has 0 nitrogen and oxygen atoms in total. The molecule has 2 unspecified atom stereocenters. The largest absolute Gasteiger partial charge is 0.103 e. The molecule has 94 valence electrons. The highest BCUT2D eigenvalue weighted by atomic mass is 14.2. The second-order valence-corrected chi connectivity index (χ2v) is 4.79. The molecular formula is C16H30. The maximum Gasteiger partial charge on any atom is -0.0173 e. The molecular weight excluding hydrogens is 192 g/mol. The number of rotatable bonds is 11. The maximum absolute atomic E-state index is 3.99. The summed E-state index contributed by atoms with van der Waals surface area (Å²) in [7, 11) is 0. The number of hydrogen-bond acceptors (Lipinski definition) is 0. The zero-order valence-corrected chi connectivity index (χ0v) is 11.4. The summed E-state index contributed by atoms with van der Waals surface area (Å²) in [6, 6.07) is 0. The van der Waals surface area contributed by atoms with Crippen molar-refractivity contribution in [3.63, 3.8) is 0 Å². The van der Waals surface area contributed by atoms with Gasteiger partial charge < -0.3 is 0 Å². The summed E-state index contributed by atoms with van der Waals surface area (Å²) in [6.45, 7) is 12.5. The monoisotopic (exact) mass is 222 g/mol.